The van der Waals surface area contributed by atoms with E-state index >= 15 is 0 Å². The number of hydrogen-bond donors (Lipinski definition) is 0. The van der Waals surface area contributed by atoms with Gasteiger partial charge < -0.3 is 56.8 Å². The average Bonchev–Trinajstić information content (AvgIpc) is 3.90. The highest BCUT2D eigenvalue weighted by Crippen LogP contribution is 2.47. The Morgan fingerprint density at radius 3 is 0.900 bits per heavy atom. The van der Waals surface area contributed by atoms with Crippen LogP contribution in [-0.2, 0) is 28.4 Å². The first-order valence-corrected chi connectivity index (χ1v) is 19.0. The van der Waals surface area contributed by atoms with E-state index in [0.29, 0.717) is 114 Å². The van der Waals surface area contributed by atoms with Gasteiger partial charge in [-0.25, -0.2) is 0 Å². The van der Waals surface area contributed by atoms with Crippen LogP contribution in [0.4, 0.5) is 0 Å². The second kappa shape index (κ2) is 14.6. The van der Waals surface area contributed by atoms with Crippen molar-refractivity contribution in [1.82, 2.24) is 0 Å². The molecule has 0 aliphatic carbocycles. The van der Waals surface area contributed by atoms with E-state index in [1.165, 1.54) is 0 Å². The van der Waals surface area contributed by atoms with Gasteiger partial charge in [-0.3, -0.25) is 0 Å². The summed E-state index contributed by atoms with van der Waals surface area (Å²) in [6, 6.07) is 12.3. The van der Waals surface area contributed by atoms with Crippen LogP contribution in [0.2, 0.25) is 0 Å². The van der Waals surface area contributed by atoms with Gasteiger partial charge in [-0.1, -0.05) is 12.1 Å². The Labute approximate surface area is 316 Å². The molecule has 0 bridgehead atoms. The van der Waals surface area contributed by atoms with E-state index in [1.54, 1.807) is 0 Å². The predicted molar refractivity (Wildman–Crippen MR) is 194 cm³/mol. The van der Waals surface area contributed by atoms with Crippen LogP contribution in [0.5, 0.6) is 34.5 Å². The zero-order chi connectivity index (χ0) is 33.6. The maximum absolute atomic E-state index is 6.29. The summed E-state index contributed by atoms with van der Waals surface area (Å²) in [5.74, 6) is 3.56. The lowest BCUT2D eigenvalue weighted by atomic mass is 9.99. The summed E-state index contributed by atoms with van der Waals surface area (Å²) in [6.45, 7) is 6.71. The summed E-state index contributed by atoms with van der Waals surface area (Å²) in [6.07, 6.45) is 0.489. The first-order valence-electron chi connectivity index (χ1n) is 16.9. The topological polar surface area (TPSA) is 131 Å². The number of epoxide rings is 6. The molecular weight excluding hydrogens is 878 g/mol. The van der Waals surface area contributed by atoms with E-state index in [-0.39, 0.29) is 36.6 Å². The number of halogens is 2. The van der Waals surface area contributed by atoms with Gasteiger partial charge in [0.05, 0.1) is 39.6 Å². The Balaban J connectivity index is 1.06. The molecule has 50 heavy (non-hydrogen) atoms. The van der Waals surface area contributed by atoms with Gasteiger partial charge in [0.25, 0.3) is 0 Å². The van der Waals surface area contributed by atoms with Crippen molar-refractivity contribution in [2.24, 2.45) is 0 Å². The minimum atomic E-state index is 0.0812. The van der Waals surface area contributed by atoms with Gasteiger partial charge in [0.1, 0.15) is 76.3 Å². The van der Waals surface area contributed by atoms with Crippen molar-refractivity contribution >= 4 is 45.2 Å². The zero-order valence-electron chi connectivity index (χ0n) is 27.1. The predicted octanol–water partition coefficient (Wildman–Crippen LogP) is 4.90. The Morgan fingerprint density at radius 2 is 0.660 bits per heavy atom. The van der Waals surface area contributed by atoms with Gasteiger partial charge in [-0.05, 0) is 91.7 Å². The van der Waals surface area contributed by atoms with Crippen LogP contribution >= 0.6 is 45.2 Å². The number of rotatable bonds is 20. The molecule has 9 rings (SSSR count). The fourth-order valence-electron chi connectivity index (χ4n) is 5.24. The SMILES string of the molecule is Ic1c(-c2cc(OCC3CO3)c(OCC3CO3)c(OCC3CO3)c2)ccc(-c2cc(OCC3CO3)c(OCC3CO3)c(OCC3CO3)c2)c1I. The molecule has 3 aromatic rings. The molecule has 6 saturated heterocycles. The Hall–Kier alpha value is -2.32. The molecule has 0 spiro atoms. The van der Waals surface area contributed by atoms with Crippen molar-refractivity contribution in [3.63, 3.8) is 0 Å². The molecule has 14 heteroatoms. The first-order chi connectivity index (χ1) is 24.5. The first kappa shape index (κ1) is 33.5. The van der Waals surface area contributed by atoms with Gasteiger partial charge >= 0.3 is 0 Å². The normalized spacial score (nSPS) is 26.5. The molecule has 6 fully saturated rings. The maximum Gasteiger partial charge on any atom is 0.203 e. The summed E-state index contributed by atoms with van der Waals surface area (Å²) < 4.78 is 72.4. The quantitative estimate of drug-likeness (QED) is 0.113. The minimum Gasteiger partial charge on any atom is -0.487 e. The summed E-state index contributed by atoms with van der Waals surface area (Å²) in [5, 5.41) is 0. The van der Waals surface area contributed by atoms with Crippen molar-refractivity contribution < 1.29 is 56.8 Å². The second-order valence-corrected chi connectivity index (χ2v) is 15.1. The molecule has 0 aromatic heterocycles. The van der Waals surface area contributed by atoms with Crippen molar-refractivity contribution in [2.45, 2.75) is 36.6 Å². The standard InChI is InChI=1S/C36H36I2O12/c37-33-27(19-3-29(45-13-21-7-39-21)35(49-17-25-11-43-25)30(4-19)46-14-22-8-40-22)1-2-28(34(33)38)20-5-31(47-15-23-9-41-23)36(50-18-26-12-44-26)32(6-20)48-16-24-10-42-24/h1-6,21-26H,7-18H2. The Bertz CT molecular complexity index is 1510. The molecule has 6 unspecified atom stereocenters. The van der Waals surface area contributed by atoms with Crippen molar-refractivity contribution in [1.29, 1.82) is 0 Å². The monoisotopic (exact) mass is 914 g/mol. The zero-order valence-corrected chi connectivity index (χ0v) is 31.4. The molecule has 0 radical (unpaired) electrons. The Morgan fingerprint density at radius 1 is 0.420 bits per heavy atom. The molecule has 6 aliphatic heterocycles. The van der Waals surface area contributed by atoms with E-state index < -0.39 is 0 Å². The summed E-state index contributed by atoms with van der Waals surface area (Å²) in [4.78, 5) is 0. The third-order valence-corrected chi connectivity index (χ3v) is 12.0. The van der Waals surface area contributed by atoms with Crippen LogP contribution in [0, 0.1) is 7.14 Å². The van der Waals surface area contributed by atoms with Crippen molar-refractivity contribution in [3.05, 3.63) is 43.5 Å². The van der Waals surface area contributed by atoms with Crippen LogP contribution in [0.3, 0.4) is 0 Å². The highest BCUT2D eigenvalue weighted by atomic mass is 127. The lowest BCUT2D eigenvalue weighted by Crippen LogP contribution is -2.12. The van der Waals surface area contributed by atoms with E-state index in [1.807, 2.05) is 24.3 Å². The summed E-state index contributed by atoms with van der Waals surface area (Å²) >= 11 is 4.84. The third-order valence-electron chi connectivity index (χ3n) is 8.69. The maximum atomic E-state index is 6.29. The van der Waals surface area contributed by atoms with Gasteiger partial charge in [0, 0.05) is 7.14 Å². The summed E-state index contributed by atoms with van der Waals surface area (Å²) in [5.41, 5.74) is 3.95. The number of hydrogen-bond acceptors (Lipinski definition) is 12. The van der Waals surface area contributed by atoms with Gasteiger partial charge in [-0.15, -0.1) is 0 Å². The fraction of sp³-hybridized carbons (Fsp3) is 0.500. The van der Waals surface area contributed by atoms with Crippen LogP contribution in [0.25, 0.3) is 22.3 Å². The largest absolute Gasteiger partial charge is 0.487 e. The molecule has 12 nitrogen and oxygen atoms in total. The lowest BCUT2D eigenvalue weighted by molar-refractivity contribution is 0.208. The van der Waals surface area contributed by atoms with Gasteiger partial charge in [0.15, 0.2) is 23.0 Å². The van der Waals surface area contributed by atoms with Crippen LogP contribution in [0.15, 0.2) is 36.4 Å². The van der Waals surface area contributed by atoms with Crippen LogP contribution in [-0.4, -0.2) is 116 Å². The van der Waals surface area contributed by atoms with E-state index in [2.05, 4.69) is 57.3 Å². The highest BCUT2D eigenvalue weighted by molar-refractivity contribution is 14.1. The smallest absolute Gasteiger partial charge is 0.203 e. The molecule has 266 valence electrons. The molecule has 6 aliphatic rings. The Kier molecular flexibility index (Phi) is 9.79. The number of ether oxygens (including phenoxy) is 12. The molecule has 0 saturated carbocycles. The van der Waals surface area contributed by atoms with E-state index in [9.17, 15) is 0 Å². The molecule has 3 aromatic carbocycles. The highest BCUT2D eigenvalue weighted by Gasteiger charge is 2.32. The molecule has 0 amide bonds. The minimum absolute atomic E-state index is 0.0812. The number of benzene rings is 3. The van der Waals surface area contributed by atoms with E-state index in [4.69, 9.17) is 56.8 Å². The van der Waals surface area contributed by atoms with Crippen LogP contribution in [0.1, 0.15) is 0 Å². The van der Waals surface area contributed by atoms with Crippen LogP contribution < -0.4 is 28.4 Å². The average molecular weight is 914 g/mol. The lowest BCUT2D eigenvalue weighted by Gasteiger charge is -2.20. The van der Waals surface area contributed by atoms with Gasteiger partial charge in [0.2, 0.25) is 11.5 Å². The molecule has 0 N–H and O–H groups in total. The van der Waals surface area contributed by atoms with E-state index in [0.717, 1.165) is 29.4 Å². The summed E-state index contributed by atoms with van der Waals surface area (Å²) in [7, 11) is 0. The fourth-order valence-corrected chi connectivity index (χ4v) is 6.81. The third kappa shape index (κ3) is 8.65. The second-order valence-electron chi connectivity index (χ2n) is 13.0. The molecular formula is C36H36I2O12. The van der Waals surface area contributed by atoms with Crippen molar-refractivity contribution in [2.75, 3.05) is 79.3 Å². The molecule has 6 atom stereocenters. The van der Waals surface area contributed by atoms with Gasteiger partial charge in [-0.2, -0.15) is 0 Å². The van der Waals surface area contributed by atoms with Crippen molar-refractivity contribution in [3.8, 4) is 56.8 Å². The molecule has 6 heterocycles.